The normalized spacial score (nSPS) is 10.4. The standard InChI is InChI=1S/C13H18BrNO2/c1-10(2)6-7-17-12-5-3-4-11(8-12)15-13(16)9-14/h3-5,8,10H,6-7,9H2,1-2H3,(H,15,16). The summed E-state index contributed by atoms with van der Waals surface area (Å²) in [4.78, 5) is 11.2. The average molecular weight is 300 g/mol. The molecule has 1 N–H and O–H groups in total. The molecule has 0 aliphatic heterocycles. The maximum atomic E-state index is 11.2. The van der Waals surface area contributed by atoms with Crippen LogP contribution >= 0.6 is 15.9 Å². The molecule has 0 aliphatic rings. The highest BCUT2D eigenvalue weighted by Crippen LogP contribution is 2.18. The lowest BCUT2D eigenvalue weighted by Crippen LogP contribution is -2.12. The molecule has 4 heteroatoms. The van der Waals surface area contributed by atoms with Gasteiger partial charge in [0.15, 0.2) is 0 Å². The molecule has 17 heavy (non-hydrogen) atoms. The van der Waals surface area contributed by atoms with Crippen molar-refractivity contribution in [1.82, 2.24) is 0 Å². The molecule has 0 atom stereocenters. The number of alkyl halides is 1. The van der Waals surface area contributed by atoms with Crippen molar-refractivity contribution in [2.45, 2.75) is 20.3 Å². The molecule has 1 aromatic carbocycles. The van der Waals surface area contributed by atoms with Gasteiger partial charge in [-0.25, -0.2) is 0 Å². The van der Waals surface area contributed by atoms with Crippen LogP contribution in [-0.4, -0.2) is 17.8 Å². The zero-order chi connectivity index (χ0) is 12.7. The second-order valence-electron chi connectivity index (χ2n) is 4.24. The number of rotatable bonds is 6. The van der Waals surface area contributed by atoms with Gasteiger partial charge in [0.05, 0.1) is 11.9 Å². The second kappa shape index (κ2) is 7.33. The molecule has 0 heterocycles. The van der Waals surface area contributed by atoms with Gasteiger partial charge >= 0.3 is 0 Å². The van der Waals surface area contributed by atoms with E-state index in [1.165, 1.54) is 0 Å². The molecule has 0 aromatic heterocycles. The van der Waals surface area contributed by atoms with Gasteiger partial charge in [-0.3, -0.25) is 4.79 Å². The minimum absolute atomic E-state index is 0.0654. The minimum atomic E-state index is -0.0654. The minimum Gasteiger partial charge on any atom is -0.494 e. The highest BCUT2D eigenvalue weighted by molar-refractivity contribution is 9.09. The van der Waals surface area contributed by atoms with Gasteiger partial charge in [0.2, 0.25) is 5.91 Å². The molecule has 0 radical (unpaired) electrons. The summed E-state index contributed by atoms with van der Waals surface area (Å²) in [6.45, 7) is 5.03. The number of ether oxygens (including phenoxy) is 1. The Kier molecular flexibility index (Phi) is 6.05. The van der Waals surface area contributed by atoms with Crippen LogP contribution in [-0.2, 0) is 4.79 Å². The smallest absolute Gasteiger partial charge is 0.235 e. The number of carbonyl (C=O) groups excluding carboxylic acids is 1. The third-order valence-corrected chi connectivity index (χ3v) is 2.71. The van der Waals surface area contributed by atoms with Crippen molar-refractivity contribution < 1.29 is 9.53 Å². The predicted molar refractivity (Wildman–Crippen MR) is 73.8 cm³/mol. The molecule has 0 saturated heterocycles. The molecule has 94 valence electrons. The Morgan fingerprint density at radius 2 is 2.24 bits per heavy atom. The zero-order valence-corrected chi connectivity index (χ0v) is 11.8. The van der Waals surface area contributed by atoms with E-state index in [4.69, 9.17) is 4.74 Å². The maximum Gasteiger partial charge on any atom is 0.235 e. The first-order valence-corrected chi connectivity index (χ1v) is 6.82. The number of hydrogen-bond donors (Lipinski definition) is 1. The molecule has 3 nitrogen and oxygen atoms in total. The lowest BCUT2D eigenvalue weighted by Gasteiger charge is -2.09. The summed E-state index contributed by atoms with van der Waals surface area (Å²) in [6, 6.07) is 7.44. The number of halogens is 1. The molecule has 0 saturated carbocycles. The molecule has 1 rings (SSSR count). The summed E-state index contributed by atoms with van der Waals surface area (Å²) in [5, 5.41) is 3.06. The second-order valence-corrected chi connectivity index (χ2v) is 4.80. The van der Waals surface area contributed by atoms with Crippen molar-refractivity contribution in [3.8, 4) is 5.75 Å². The van der Waals surface area contributed by atoms with E-state index in [0.29, 0.717) is 17.9 Å². The monoisotopic (exact) mass is 299 g/mol. The van der Waals surface area contributed by atoms with Crippen LogP contribution in [0.3, 0.4) is 0 Å². The molecular formula is C13H18BrNO2. The molecule has 0 spiro atoms. The Morgan fingerprint density at radius 3 is 2.88 bits per heavy atom. The fourth-order valence-electron chi connectivity index (χ4n) is 1.27. The van der Waals surface area contributed by atoms with Crippen molar-refractivity contribution in [3.63, 3.8) is 0 Å². The van der Waals surface area contributed by atoms with Gasteiger partial charge < -0.3 is 10.1 Å². The Labute approximate surface area is 111 Å². The number of nitrogens with one attached hydrogen (secondary N) is 1. The van der Waals surface area contributed by atoms with E-state index < -0.39 is 0 Å². The lowest BCUT2D eigenvalue weighted by molar-refractivity contribution is -0.113. The number of hydrogen-bond acceptors (Lipinski definition) is 2. The van der Waals surface area contributed by atoms with Gasteiger partial charge in [0, 0.05) is 11.8 Å². The largest absolute Gasteiger partial charge is 0.494 e. The SMILES string of the molecule is CC(C)CCOc1cccc(NC(=O)CBr)c1. The van der Waals surface area contributed by atoms with Crippen LogP contribution in [0.25, 0.3) is 0 Å². The summed E-state index contributed by atoms with van der Waals surface area (Å²) < 4.78 is 5.61. The van der Waals surface area contributed by atoms with Crippen LogP contribution in [0.4, 0.5) is 5.69 Å². The average Bonchev–Trinajstić information content (AvgIpc) is 2.29. The van der Waals surface area contributed by atoms with Crippen LogP contribution in [0.1, 0.15) is 20.3 Å². The molecule has 0 bridgehead atoms. The van der Waals surface area contributed by atoms with Crippen LogP contribution < -0.4 is 10.1 Å². The molecule has 1 amide bonds. The number of anilines is 1. The van der Waals surface area contributed by atoms with Gasteiger partial charge in [-0.05, 0) is 24.5 Å². The van der Waals surface area contributed by atoms with E-state index in [0.717, 1.165) is 17.9 Å². The van der Waals surface area contributed by atoms with Crippen LogP contribution in [0.5, 0.6) is 5.75 Å². The summed E-state index contributed by atoms with van der Waals surface area (Å²) in [5.74, 6) is 1.36. The van der Waals surface area contributed by atoms with Crippen molar-refractivity contribution >= 4 is 27.5 Å². The van der Waals surface area contributed by atoms with E-state index in [9.17, 15) is 4.79 Å². The lowest BCUT2D eigenvalue weighted by atomic mass is 10.1. The Balaban J connectivity index is 2.50. The van der Waals surface area contributed by atoms with Crippen molar-refractivity contribution in [1.29, 1.82) is 0 Å². The van der Waals surface area contributed by atoms with E-state index in [1.54, 1.807) is 0 Å². The number of benzene rings is 1. The quantitative estimate of drug-likeness (QED) is 0.817. The summed E-state index contributed by atoms with van der Waals surface area (Å²) >= 11 is 3.11. The van der Waals surface area contributed by atoms with Crippen LogP contribution in [0.15, 0.2) is 24.3 Å². The first kappa shape index (κ1) is 14.0. The fourth-order valence-corrected chi connectivity index (χ4v) is 1.41. The third-order valence-electron chi connectivity index (χ3n) is 2.20. The first-order valence-electron chi connectivity index (χ1n) is 5.70. The highest BCUT2D eigenvalue weighted by atomic mass is 79.9. The van der Waals surface area contributed by atoms with Gasteiger partial charge in [-0.1, -0.05) is 35.8 Å². The Hall–Kier alpha value is -1.03. The topological polar surface area (TPSA) is 38.3 Å². The highest BCUT2D eigenvalue weighted by Gasteiger charge is 2.01. The number of amides is 1. The molecule has 0 unspecified atom stereocenters. The Morgan fingerprint density at radius 1 is 1.47 bits per heavy atom. The van der Waals surface area contributed by atoms with Crippen LogP contribution in [0, 0.1) is 5.92 Å². The first-order chi connectivity index (χ1) is 8.11. The van der Waals surface area contributed by atoms with Crippen molar-refractivity contribution in [2.24, 2.45) is 5.92 Å². The third kappa shape index (κ3) is 5.73. The van der Waals surface area contributed by atoms with Gasteiger partial charge in [0.25, 0.3) is 0 Å². The van der Waals surface area contributed by atoms with Gasteiger partial charge in [-0.15, -0.1) is 0 Å². The number of carbonyl (C=O) groups is 1. The van der Waals surface area contributed by atoms with Gasteiger partial charge in [0.1, 0.15) is 5.75 Å². The molecule has 1 aromatic rings. The molecule has 0 fully saturated rings. The van der Waals surface area contributed by atoms with Crippen LogP contribution in [0.2, 0.25) is 0 Å². The van der Waals surface area contributed by atoms with E-state index in [2.05, 4.69) is 35.1 Å². The summed E-state index contributed by atoms with van der Waals surface area (Å²) in [7, 11) is 0. The molecular weight excluding hydrogens is 282 g/mol. The van der Waals surface area contributed by atoms with E-state index in [1.807, 2.05) is 24.3 Å². The maximum absolute atomic E-state index is 11.2. The van der Waals surface area contributed by atoms with E-state index >= 15 is 0 Å². The zero-order valence-electron chi connectivity index (χ0n) is 10.2. The Bertz CT molecular complexity index is 366. The van der Waals surface area contributed by atoms with Gasteiger partial charge in [-0.2, -0.15) is 0 Å². The fraction of sp³-hybridized carbons (Fsp3) is 0.462. The predicted octanol–water partition coefficient (Wildman–Crippen LogP) is 3.44. The van der Waals surface area contributed by atoms with E-state index in [-0.39, 0.29) is 5.91 Å². The molecule has 0 aliphatic carbocycles. The summed E-state index contributed by atoms with van der Waals surface area (Å²) in [5.41, 5.74) is 0.761. The van der Waals surface area contributed by atoms with Crippen molar-refractivity contribution in [2.75, 3.05) is 17.3 Å². The summed E-state index contributed by atoms with van der Waals surface area (Å²) in [6.07, 6.45) is 1.03. The van der Waals surface area contributed by atoms with Crippen molar-refractivity contribution in [3.05, 3.63) is 24.3 Å².